The van der Waals surface area contributed by atoms with Crippen LogP contribution < -0.4 is 0 Å². The molecule has 17 heavy (non-hydrogen) atoms. The van der Waals surface area contributed by atoms with Crippen LogP contribution in [-0.4, -0.2) is 23.8 Å². The second-order valence-corrected chi connectivity index (χ2v) is 5.15. The predicted molar refractivity (Wildman–Crippen MR) is 64.7 cm³/mol. The number of pyridine rings is 1. The molecule has 5 heteroatoms. The number of ketones is 1. The Morgan fingerprint density at radius 1 is 1.53 bits per heavy atom. The zero-order valence-electron chi connectivity index (χ0n) is 9.62. The third-order valence-electron chi connectivity index (χ3n) is 3.26. The highest BCUT2D eigenvalue weighted by atomic mass is 79.9. The lowest BCUT2D eigenvalue weighted by atomic mass is 9.72. The molecule has 0 unspecified atom stereocenters. The van der Waals surface area contributed by atoms with Gasteiger partial charge in [0, 0.05) is 22.4 Å². The van der Waals surface area contributed by atoms with Crippen LogP contribution in [0.5, 0.6) is 0 Å². The molecule has 90 valence electrons. The fourth-order valence-corrected chi connectivity index (χ4v) is 2.65. The molecule has 1 aromatic heterocycles. The van der Waals surface area contributed by atoms with Crippen molar-refractivity contribution in [2.75, 3.05) is 7.11 Å². The summed E-state index contributed by atoms with van der Waals surface area (Å²) in [5.41, 5.74) is 0.356. The van der Waals surface area contributed by atoms with E-state index >= 15 is 0 Å². The molecule has 0 saturated carbocycles. The molecule has 0 aliphatic heterocycles. The first-order chi connectivity index (χ1) is 8.00. The Morgan fingerprint density at radius 3 is 2.88 bits per heavy atom. The summed E-state index contributed by atoms with van der Waals surface area (Å²) in [5.74, 6) is -0.687. The Balaban J connectivity index is 2.50. The van der Waals surface area contributed by atoms with Crippen LogP contribution in [0.25, 0.3) is 0 Å². The average Bonchev–Trinajstić information content (AvgIpc) is 2.33. The molecule has 1 aromatic rings. The first-order valence-corrected chi connectivity index (χ1v) is 6.05. The van der Waals surface area contributed by atoms with Crippen molar-refractivity contribution < 1.29 is 14.3 Å². The number of Topliss-reactive ketones (excluding diaryl/α,β-unsaturated/α-hetero) is 1. The van der Waals surface area contributed by atoms with E-state index in [2.05, 4.69) is 20.9 Å². The lowest BCUT2D eigenvalue weighted by molar-refractivity contribution is -0.149. The Morgan fingerprint density at radius 2 is 2.24 bits per heavy atom. The van der Waals surface area contributed by atoms with Crippen molar-refractivity contribution in [3.63, 3.8) is 0 Å². The van der Waals surface area contributed by atoms with Crippen LogP contribution in [0, 0.1) is 5.41 Å². The van der Waals surface area contributed by atoms with Crippen LogP contribution in [-0.2, 0) is 16.0 Å². The zero-order chi connectivity index (χ0) is 12.6. The van der Waals surface area contributed by atoms with Gasteiger partial charge in [-0.2, -0.15) is 0 Å². The highest BCUT2D eigenvalue weighted by molar-refractivity contribution is 9.10. The number of hydrogen-bond donors (Lipinski definition) is 0. The van der Waals surface area contributed by atoms with Gasteiger partial charge >= 0.3 is 5.97 Å². The largest absolute Gasteiger partial charge is 0.468 e. The van der Waals surface area contributed by atoms with E-state index in [1.807, 2.05) is 0 Å². The van der Waals surface area contributed by atoms with Gasteiger partial charge in [-0.1, -0.05) is 0 Å². The maximum atomic E-state index is 12.3. The maximum Gasteiger partial charge on any atom is 0.319 e. The fourth-order valence-electron chi connectivity index (χ4n) is 2.12. The highest BCUT2D eigenvalue weighted by Gasteiger charge is 2.46. The molecule has 4 nitrogen and oxygen atoms in total. The molecule has 0 spiro atoms. The van der Waals surface area contributed by atoms with E-state index in [0.29, 0.717) is 18.4 Å². The Labute approximate surface area is 108 Å². The van der Waals surface area contributed by atoms with Crippen LogP contribution in [0.1, 0.15) is 29.3 Å². The van der Waals surface area contributed by atoms with Gasteiger partial charge in [0.25, 0.3) is 0 Å². The molecule has 0 N–H and O–H groups in total. The quantitative estimate of drug-likeness (QED) is 0.589. The smallest absolute Gasteiger partial charge is 0.319 e. The van der Waals surface area contributed by atoms with E-state index in [0.717, 1.165) is 10.0 Å². The summed E-state index contributed by atoms with van der Waals surface area (Å²) in [6.45, 7) is 1.63. The van der Waals surface area contributed by atoms with Crippen molar-refractivity contribution in [1.82, 2.24) is 4.98 Å². The third kappa shape index (κ3) is 1.78. The standard InChI is InChI=1S/C12H12BrNO3/c1-12(11(16)17-2)4-3-7-8(10(12)15)5-14-6-9(7)13/h5-6H,3-4H2,1-2H3/t12-/m1/s1. The minimum Gasteiger partial charge on any atom is -0.468 e. The fraction of sp³-hybridized carbons (Fsp3) is 0.417. The van der Waals surface area contributed by atoms with Gasteiger partial charge in [0.05, 0.1) is 7.11 Å². The number of esters is 1. The molecular formula is C12H12BrNO3. The van der Waals surface area contributed by atoms with Gasteiger partial charge < -0.3 is 4.74 Å². The number of methoxy groups -OCH3 is 1. The summed E-state index contributed by atoms with van der Waals surface area (Å²) in [7, 11) is 1.30. The maximum absolute atomic E-state index is 12.3. The van der Waals surface area contributed by atoms with Gasteiger partial charge in [-0.05, 0) is 41.3 Å². The second kappa shape index (κ2) is 4.22. The Hall–Kier alpha value is -1.23. The van der Waals surface area contributed by atoms with Crippen LogP contribution in [0.2, 0.25) is 0 Å². The van der Waals surface area contributed by atoms with Gasteiger partial charge in [-0.15, -0.1) is 0 Å². The SMILES string of the molecule is COC(=O)[C@]1(C)CCc2c(Br)cncc2C1=O. The van der Waals surface area contributed by atoms with E-state index < -0.39 is 11.4 Å². The van der Waals surface area contributed by atoms with Crippen molar-refractivity contribution in [3.8, 4) is 0 Å². The number of carbonyl (C=O) groups is 2. The van der Waals surface area contributed by atoms with E-state index in [-0.39, 0.29) is 5.78 Å². The Bertz CT molecular complexity index is 501. The zero-order valence-corrected chi connectivity index (χ0v) is 11.2. The summed E-state index contributed by atoms with van der Waals surface area (Å²) in [6, 6.07) is 0. The van der Waals surface area contributed by atoms with E-state index in [4.69, 9.17) is 4.74 Å². The number of fused-ring (bicyclic) bond motifs is 1. The van der Waals surface area contributed by atoms with Crippen molar-refractivity contribution in [2.24, 2.45) is 5.41 Å². The number of aromatic nitrogens is 1. The Kier molecular flexibility index (Phi) is 3.03. The number of rotatable bonds is 1. The van der Waals surface area contributed by atoms with Crippen LogP contribution >= 0.6 is 15.9 Å². The molecule has 0 amide bonds. The van der Waals surface area contributed by atoms with Crippen molar-refractivity contribution in [3.05, 3.63) is 28.0 Å². The second-order valence-electron chi connectivity index (χ2n) is 4.30. The minimum atomic E-state index is -1.08. The summed E-state index contributed by atoms with van der Waals surface area (Å²) < 4.78 is 5.53. The van der Waals surface area contributed by atoms with Gasteiger partial charge in [0.2, 0.25) is 0 Å². The molecule has 0 bridgehead atoms. The molecular weight excluding hydrogens is 286 g/mol. The molecule has 1 aliphatic carbocycles. The first-order valence-electron chi connectivity index (χ1n) is 5.26. The van der Waals surface area contributed by atoms with Crippen molar-refractivity contribution >= 4 is 27.7 Å². The molecule has 1 heterocycles. The van der Waals surface area contributed by atoms with Crippen LogP contribution in [0.4, 0.5) is 0 Å². The lowest BCUT2D eigenvalue weighted by Crippen LogP contribution is -2.41. The lowest BCUT2D eigenvalue weighted by Gasteiger charge is -2.30. The number of carbonyl (C=O) groups excluding carboxylic acids is 2. The van der Waals surface area contributed by atoms with Gasteiger partial charge in [-0.25, -0.2) is 0 Å². The van der Waals surface area contributed by atoms with Gasteiger partial charge in [-0.3, -0.25) is 14.6 Å². The van der Waals surface area contributed by atoms with Crippen LogP contribution in [0.15, 0.2) is 16.9 Å². The molecule has 0 radical (unpaired) electrons. The highest BCUT2D eigenvalue weighted by Crippen LogP contribution is 2.38. The molecule has 2 rings (SSSR count). The number of nitrogens with zero attached hydrogens (tertiary/aromatic N) is 1. The summed E-state index contributed by atoms with van der Waals surface area (Å²) >= 11 is 3.37. The molecule has 0 aromatic carbocycles. The summed E-state index contributed by atoms with van der Waals surface area (Å²) in [6.07, 6.45) is 4.31. The van der Waals surface area contributed by atoms with Gasteiger partial charge in [0.15, 0.2) is 5.78 Å². The van der Waals surface area contributed by atoms with Crippen molar-refractivity contribution in [1.29, 1.82) is 0 Å². The minimum absolute atomic E-state index is 0.209. The van der Waals surface area contributed by atoms with E-state index in [9.17, 15) is 9.59 Å². The number of halogens is 1. The summed E-state index contributed by atoms with van der Waals surface area (Å²) in [5, 5.41) is 0. The van der Waals surface area contributed by atoms with E-state index in [1.165, 1.54) is 13.3 Å². The monoisotopic (exact) mass is 297 g/mol. The topological polar surface area (TPSA) is 56.3 Å². The molecule has 1 aliphatic rings. The molecule has 0 saturated heterocycles. The predicted octanol–water partition coefficient (Wildman–Crippen LogP) is 2.15. The molecule has 1 atom stereocenters. The van der Waals surface area contributed by atoms with Crippen LogP contribution in [0.3, 0.4) is 0 Å². The number of hydrogen-bond acceptors (Lipinski definition) is 4. The van der Waals surface area contributed by atoms with E-state index in [1.54, 1.807) is 13.1 Å². The normalized spacial score (nSPS) is 23.1. The first kappa shape index (κ1) is 12.2. The number of ether oxygens (including phenoxy) is 1. The molecule has 0 fully saturated rings. The average molecular weight is 298 g/mol. The van der Waals surface area contributed by atoms with Crippen molar-refractivity contribution in [2.45, 2.75) is 19.8 Å². The van der Waals surface area contributed by atoms with Gasteiger partial charge in [0.1, 0.15) is 5.41 Å². The summed E-state index contributed by atoms with van der Waals surface area (Å²) in [4.78, 5) is 28.0. The third-order valence-corrected chi connectivity index (χ3v) is 3.94.